The van der Waals surface area contributed by atoms with Crippen LogP contribution in [0.5, 0.6) is 0 Å². The predicted octanol–water partition coefficient (Wildman–Crippen LogP) is 3.26. The second kappa shape index (κ2) is 8.61. The zero-order valence-electron chi connectivity index (χ0n) is 14.9. The second-order valence-electron chi connectivity index (χ2n) is 6.60. The maximum absolute atomic E-state index is 12.5. The van der Waals surface area contributed by atoms with E-state index in [9.17, 15) is 4.79 Å². The van der Waals surface area contributed by atoms with Crippen molar-refractivity contribution in [2.45, 2.75) is 38.5 Å². The van der Waals surface area contributed by atoms with Crippen LogP contribution >= 0.6 is 11.3 Å². The van der Waals surface area contributed by atoms with Gasteiger partial charge in [-0.1, -0.05) is 36.4 Å². The molecule has 3 rings (SSSR count). The molecule has 3 atom stereocenters. The number of nitrogens with zero attached hydrogens (tertiary/aromatic N) is 1. The van der Waals surface area contributed by atoms with Crippen LogP contribution in [0.25, 0.3) is 0 Å². The van der Waals surface area contributed by atoms with Crippen molar-refractivity contribution in [3.05, 3.63) is 58.3 Å². The van der Waals surface area contributed by atoms with E-state index in [-0.39, 0.29) is 24.2 Å². The molecule has 1 aromatic heterocycles. The summed E-state index contributed by atoms with van der Waals surface area (Å²) in [4.78, 5) is 16.1. The third-order valence-corrected chi connectivity index (χ3v) is 5.57. The van der Waals surface area contributed by atoms with Crippen molar-refractivity contribution in [3.8, 4) is 0 Å². The van der Waals surface area contributed by atoms with E-state index in [2.05, 4.69) is 40.7 Å². The molecule has 25 heavy (non-hydrogen) atoms. The Morgan fingerprint density at radius 3 is 2.80 bits per heavy atom. The molecule has 1 amide bonds. The number of carbonyl (C=O) groups is 1. The first-order valence-corrected chi connectivity index (χ1v) is 9.76. The molecule has 0 radical (unpaired) electrons. The molecular weight excluding hydrogens is 332 g/mol. The number of thiophene rings is 1. The lowest BCUT2D eigenvalue weighted by atomic mass is 10.1. The number of carbonyl (C=O) groups excluding carboxylic acids is 1. The Balaban J connectivity index is 1.54. The number of morpholine rings is 1. The summed E-state index contributed by atoms with van der Waals surface area (Å²) in [7, 11) is 0. The van der Waals surface area contributed by atoms with Crippen LogP contribution in [0.15, 0.2) is 47.8 Å². The van der Waals surface area contributed by atoms with Gasteiger partial charge in [-0.25, -0.2) is 0 Å². The number of hydrogen-bond acceptors (Lipinski definition) is 4. The lowest BCUT2D eigenvalue weighted by Gasteiger charge is -2.39. The van der Waals surface area contributed by atoms with Crippen molar-refractivity contribution in [3.63, 3.8) is 0 Å². The van der Waals surface area contributed by atoms with Crippen molar-refractivity contribution in [1.29, 1.82) is 0 Å². The largest absolute Gasteiger partial charge is 0.368 e. The van der Waals surface area contributed by atoms with Gasteiger partial charge in [-0.05, 0) is 37.3 Å². The Bertz CT molecular complexity index is 660. The average Bonchev–Trinajstić information content (AvgIpc) is 3.14. The molecule has 0 saturated carbocycles. The monoisotopic (exact) mass is 358 g/mol. The first-order chi connectivity index (χ1) is 12.1. The standard InChI is InChI=1S/C20H26N2O2S/c1-15-13-22(14-19(24-15)17-7-4-3-5-8-17)16(2)20(23)21-11-10-18-9-6-12-25-18/h3-9,12,15-16,19H,10-11,13-14H2,1-2H3,(H,21,23). The van der Waals surface area contributed by atoms with Crippen LogP contribution in [0.4, 0.5) is 0 Å². The minimum atomic E-state index is -0.152. The Labute approximate surface area is 153 Å². The molecule has 1 aromatic carbocycles. The summed E-state index contributed by atoms with van der Waals surface area (Å²) < 4.78 is 6.09. The summed E-state index contributed by atoms with van der Waals surface area (Å²) >= 11 is 1.73. The molecule has 2 aromatic rings. The highest BCUT2D eigenvalue weighted by atomic mass is 32.1. The van der Waals surface area contributed by atoms with Gasteiger partial charge in [0.1, 0.15) is 0 Å². The van der Waals surface area contributed by atoms with Gasteiger partial charge in [0.25, 0.3) is 0 Å². The van der Waals surface area contributed by atoms with Gasteiger partial charge < -0.3 is 10.1 Å². The summed E-state index contributed by atoms with van der Waals surface area (Å²) in [6.07, 6.45) is 1.02. The summed E-state index contributed by atoms with van der Waals surface area (Å²) in [5.74, 6) is 0.0949. The Kier molecular flexibility index (Phi) is 6.24. The van der Waals surface area contributed by atoms with E-state index in [1.807, 2.05) is 31.2 Å². The molecule has 1 saturated heterocycles. The van der Waals surface area contributed by atoms with Gasteiger partial charge in [0, 0.05) is 24.5 Å². The molecule has 0 spiro atoms. The zero-order valence-corrected chi connectivity index (χ0v) is 15.7. The molecule has 0 aliphatic carbocycles. The van der Waals surface area contributed by atoms with Gasteiger partial charge in [-0.15, -0.1) is 11.3 Å². The zero-order chi connectivity index (χ0) is 17.6. The Morgan fingerprint density at radius 1 is 1.28 bits per heavy atom. The molecule has 1 fully saturated rings. The lowest BCUT2D eigenvalue weighted by molar-refractivity contribution is -0.133. The fourth-order valence-electron chi connectivity index (χ4n) is 3.23. The Hall–Kier alpha value is -1.69. The second-order valence-corrected chi connectivity index (χ2v) is 7.63. The first kappa shape index (κ1) is 18.1. The third kappa shape index (κ3) is 4.91. The number of hydrogen-bond donors (Lipinski definition) is 1. The van der Waals surface area contributed by atoms with Gasteiger partial charge in [-0.3, -0.25) is 9.69 Å². The van der Waals surface area contributed by atoms with Crippen LogP contribution in [0.3, 0.4) is 0 Å². The SMILES string of the molecule is CC1CN(C(C)C(=O)NCCc2cccs2)CC(c2ccccc2)O1. The molecule has 1 aliphatic rings. The molecule has 1 aliphatic heterocycles. The van der Waals surface area contributed by atoms with Crippen molar-refractivity contribution >= 4 is 17.2 Å². The van der Waals surface area contributed by atoms with Crippen LogP contribution in [-0.2, 0) is 16.0 Å². The molecular formula is C20H26N2O2S. The van der Waals surface area contributed by atoms with E-state index in [0.29, 0.717) is 6.54 Å². The van der Waals surface area contributed by atoms with Gasteiger partial charge in [0.15, 0.2) is 0 Å². The van der Waals surface area contributed by atoms with Crippen LogP contribution in [0.1, 0.15) is 30.4 Å². The van der Waals surface area contributed by atoms with E-state index in [1.54, 1.807) is 11.3 Å². The third-order valence-electron chi connectivity index (χ3n) is 4.64. The highest BCUT2D eigenvalue weighted by Crippen LogP contribution is 2.26. The summed E-state index contributed by atoms with van der Waals surface area (Å²) in [6.45, 7) is 6.27. The molecule has 134 valence electrons. The van der Waals surface area contributed by atoms with E-state index in [1.165, 1.54) is 10.4 Å². The number of nitrogens with one attached hydrogen (secondary N) is 1. The summed E-state index contributed by atoms with van der Waals surface area (Å²) in [5.41, 5.74) is 1.17. The molecule has 1 N–H and O–H groups in total. The van der Waals surface area contributed by atoms with Crippen molar-refractivity contribution in [2.24, 2.45) is 0 Å². The minimum absolute atomic E-state index is 0.0197. The van der Waals surface area contributed by atoms with E-state index in [0.717, 1.165) is 19.5 Å². The fraction of sp³-hybridized carbons (Fsp3) is 0.450. The summed E-state index contributed by atoms with van der Waals surface area (Å²) in [6, 6.07) is 14.3. The van der Waals surface area contributed by atoms with E-state index >= 15 is 0 Å². The van der Waals surface area contributed by atoms with Gasteiger partial charge >= 0.3 is 0 Å². The first-order valence-electron chi connectivity index (χ1n) is 8.88. The maximum atomic E-state index is 12.5. The molecule has 0 bridgehead atoms. The number of ether oxygens (including phenoxy) is 1. The number of rotatable bonds is 6. The predicted molar refractivity (Wildman–Crippen MR) is 102 cm³/mol. The van der Waals surface area contributed by atoms with E-state index < -0.39 is 0 Å². The molecule has 2 heterocycles. The highest BCUT2D eigenvalue weighted by Gasteiger charge is 2.31. The van der Waals surface area contributed by atoms with Crippen molar-refractivity contribution in [1.82, 2.24) is 10.2 Å². The molecule has 5 heteroatoms. The van der Waals surface area contributed by atoms with Crippen LogP contribution in [0.2, 0.25) is 0 Å². The topological polar surface area (TPSA) is 41.6 Å². The number of benzene rings is 1. The highest BCUT2D eigenvalue weighted by molar-refractivity contribution is 7.09. The van der Waals surface area contributed by atoms with Crippen LogP contribution in [0, 0.1) is 0 Å². The fourth-order valence-corrected chi connectivity index (χ4v) is 3.94. The van der Waals surface area contributed by atoms with E-state index in [4.69, 9.17) is 4.74 Å². The quantitative estimate of drug-likeness (QED) is 0.862. The lowest BCUT2D eigenvalue weighted by Crippen LogP contribution is -2.52. The minimum Gasteiger partial charge on any atom is -0.368 e. The van der Waals surface area contributed by atoms with Crippen molar-refractivity contribution in [2.75, 3.05) is 19.6 Å². The van der Waals surface area contributed by atoms with Crippen LogP contribution in [-0.4, -0.2) is 42.6 Å². The molecule has 3 unspecified atom stereocenters. The normalized spacial score (nSPS) is 22.5. The maximum Gasteiger partial charge on any atom is 0.237 e. The van der Waals surface area contributed by atoms with Gasteiger partial charge in [0.05, 0.1) is 18.2 Å². The smallest absolute Gasteiger partial charge is 0.237 e. The van der Waals surface area contributed by atoms with Crippen molar-refractivity contribution < 1.29 is 9.53 Å². The van der Waals surface area contributed by atoms with Gasteiger partial charge in [-0.2, -0.15) is 0 Å². The van der Waals surface area contributed by atoms with Gasteiger partial charge in [0.2, 0.25) is 5.91 Å². The Morgan fingerprint density at radius 2 is 2.08 bits per heavy atom. The van der Waals surface area contributed by atoms with Crippen LogP contribution < -0.4 is 5.32 Å². The summed E-state index contributed by atoms with van der Waals surface area (Å²) in [5, 5.41) is 5.14. The number of amides is 1. The molecule has 4 nitrogen and oxygen atoms in total. The average molecular weight is 359 g/mol.